The Hall–Kier alpha value is -0.860. The van der Waals surface area contributed by atoms with Crippen LogP contribution in [0.2, 0.25) is 0 Å². The van der Waals surface area contributed by atoms with Gasteiger partial charge in [0.2, 0.25) is 0 Å². The zero-order valence-corrected chi connectivity index (χ0v) is 16.0. The van der Waals surface area contributed by atoms with Crippen LogP contribution in [-0.4, -0.2) is 34.3 Å². The van der Waals surface area contributed by atoms with E-state index in [1.54, 1.807) is 18.1 Å². The number of guanidine groups is 1. The minimum Gasteiger partial charge on any atom is -0.356 e. The number of halogens is 1. The summed E-state index contributed by atoms with van der Waals surface area (Å²) in [6.45, 7) is 1.61. The van der Waals surface area contributed by atoms with Crippen LogP contribution in [0.5, 0.6) is 0 Å². The number of aromatic nitrogens is 3. The summed E-state index contributed by atoms with van der Waals surface area (Å²) in [4.78, 5) is 8.41. The first-order valence-electron chi connectivity index (χ1n) is 8.07. The molecule has 0 atom stereocenters. The van der Waals surface area contributed by atoms with Crippen molar-refractivity contribution < 1.29 is 0 Å². The smallest absolute Gasteiger partial charge is 0.191 e. The Bertz CT molecular complexity index is 439. The molecule has 0 spiro atoms. The number of nitrogens with zero attached hydrogens (tertiary/aromatic N) is 4. The van der Waals surface area contributed by atoms with Gasteiger partial charge in [0.05, 0.1) is 6.54 Å². The van der Waals surface area contributed by atoms with Crippen LogP contribution in [0.3, 0.4) is 0 Å². The van der Waals surface area contributed by atoms with E-state index in [1.165, 1.54) is 44.9 Å². The molecular weight excluding hydrogens is 391 g/mol. The van der Waals surface area contributed by atoms with Gasteiger partial charge in [0.25, 0.3) is 0 Å². The maximum absolute atomic E-state index is 4.23. The molecule has 0 radical (unpaired) electrons. The van der Waals surface area contributed by atoms with Crippen molar-refractivity contribution in [3.8, 4) is 0 Å². The van der Waals surface area contributed by atoms with Crippen LogP contribution < -0.4 is 10.6 Å². The fourth-order valence-electron chi connectivity index (χ4n) is 2.93. The second-order valence-electron chi connectivity index (χ2n) is 5.80. The van der Waals surface area contributed by atoms with Gasteiger partial charge in [0.1, 0.15) is 12.2 Å². The maximum atomic E-state index is 4.23. The number of unbranched alkanes of at least 4 members (excludes halogenated alkanes) is 1. The standard InChI is InChI=1S/C15H28N6.HI/c1-16-15(18-11-14-19-12-20-21(14)2)17-10-6-5-9-13-7-3-4-8-13;/h12-13H,3-11H2,1-2H3,(H2,16,17,18);1H. The molecule has 0 aliphatic heterocycles. The predicted molar refractivity (Wildman–Crippen MR) is 100 cm³/mol. The lowest BCUT2D eigenvalue weighted by atomic mass is 10.0. The average molecular weight is 420 g/mol. The molecule has 1 heterocycles. The van der Waals surface area contributed by atoms with Crippen LogP contribution in [0.15, 0.2) is 11.3 Å². The van der Waals surface area contributed by atoms with E-state index in [0.29, 0.717) is 6.54 Å². The van der Waals surface area contributed by atoms with E-state index >= 15 is 0 Å². The van der Waals surface area contributed by atoms with E-state index in [0.717, 1.165) is 24.2 Å². The minimum atomic E-state index is 0. The highest BCUT2D eigenvalue weighted by Crippen LogP contribution is 2.28. The van der Waals surface area contributed by atoms with Crippen LogP contribution >= 0.6 is 24.0 Å². The summed E-state index contributed by atoms with van der Waals surface area (Å²) < 4.78 is 1.77. The first-order valence-corrected chi connectivity index (χ1v) is 8.07. The minimum absolute atomic E-state index is 0. The van der Waals surface area contributed by atoms with E-state index in [4.69, 9.17) is 0 Å². The predicted octanol–water partition coefficient (Wildman–Crippen LogP) is 2.46. The van der Waals surface area contributed by atoms with Crippen LogP contribution in [0.1, 0.15) is 50.8 Å². The third-order valence-electron chi connectivity index (χ3n) is 4.25. The van der Waals surface area contributed by atoms with Gasteiger partial charge in [-0.2, -0.15) is 5.10 Å². The van der Waals surface area contributed by atoms with Crippen molar-refractivity contribution in [3.05, 3.63) is 12.2 Å². The molecule has 1 fully saturated rings. The lowest BCUT2D eigenvalue weighted by Gasteiger charge is -2.12. The highest BCUT2D eigenvalue weighted by Gasteiger charge is 2.13. The molecular formula is C15H29IN6. The number of aryl methyl sites for hydroxylation is 1. The third kappa shape index (κ3) is 6.50. The molecule has 0 saturated heterocycles. The first kappa shape index (κ1) is 19.2. The molecule has 0 aromatic carbocycles. The van der Waals surface area contributed by atoms with Crippen molar-refractivity contribution in [3.63, 3.8) is 0 Å². The van der Waals surface area contributed by atoms with Gasteiger partial charge in [-0.15, -0.1) is 24.0 Å². The Morgan fingerprint density at radius 2 is 2.09 bits per heavy atom. The summed E-state index contributed by atoms with van der Waals surface area (Å²) in [7, 11) is 3.69. The molecule has 1 aromatic heterocycles. The van der Waals surface area contributed by atoms with Gasteiger partial charge >= 0.3 is 0 Å². The second kappa shape index (κ2) is 10.8. The summed E-state index contributed by atoms with van der Waals surface area (Å²) in [6.07, 6.45) is 11.3. The topological polar surface area (TPSA) is 67.1 Å². The molecule has 0 unspecified atom stereocenters. The molecule has 1 aliphatic carbocycles. The fourth-order valence-corrected chi connectivity index (χ4v) is 2.93. The van der Waals surface area contributed by atoms with E-state index in [2.05, 4.69) is 25.7 Å². The van der Waals surface area contributed by atoms with Crippen molar-refractivity contribution in [1.82, 2.24) is 25.4 Å². The number of hydrogen-bond acceptors (Lipinski definition) is 3. The van der Waals surface area contributed by atoms with Gasteiger partial charge < -0.3 is 10.6 Å². The van der Waals surface area contributed by atoms with Crippen molar-refractivity contribution in [2.75, 3.05) is 13.6 Å². The Labute approximate surface area is 150 Å². The number of rotatable bonds is 7. The highest BCUT2D eigenvalue weighted by atomic mass is 127. The normalized spacial score (nSPS) is 15.6. The summed E-state index contributed by atoms with van der Waals surface area (Å²) in [5, 5.41) is 10.7. The maximum Gasteiger partial charge on any atom is 0.191 e. The summed E-state index contributed by atoms with van der Waals surface area (Å²) >= 11 is 0. The SMILES string of the molecule is CN=C(NCCCCC1CCCC1)NCc1ncnn1C.I. The van der Waals surface area contributed by atoms with E-state index < -0.39 is 0 Å². The van der Waals surface area contributed by atoms with Gasteiger partial charge in [0.15, 0.2) is 5.96 Å². The second-order valence-corrected chi connectivity index (χ2v) is 5.80. The quantitative estimate of drug-likeness (QED) is 0.308. The Morgan fingerprint density at radius 3 is 2.73 bits per heavy atom. The third-order valence-corrected chi connectivity index (χ3v) is 4.25. The molecule has 22 heavy (non-hydrogen) atoms. The molecule has 0 bridgehead atoms. The highest BCUT2D eigenvalue weighted by molar-refractivity contribution is 14.0. The Kier molecular flexibility index (Phi) is 9.42. The zero-order valence-electron chi connectivity index (χ0n) is 13.7. The van der Waals surface area contributed by atoms with Gasteiger partial charge in [-0.05, 0) is 12.3 Å². The Morgan fingerprint density at radius 1 is 1.32 bits per heavy atom. The average Bonchev–Trinajstić information content (AvgIpc) is 3.14. The first-order chi connectivity index (χ1) is 10.3. The molecule has 2 N–H and O–H groups in total. The molecule has 1 saturated carbocycles. The number of aliphatic imine (C=N–C) groups is 1. The van der Waals surface area contributed by atoms with Crippen molar-refractivity contribution in [2.24, 2.45) is 18.0 Å². The molecule has 2 rings (SSSR count). The Balaban J connectivity index is 0.00000242. The number of hydrogen-bond donors (Lipinski definition) is 2. The van der Waals surface area contributed by atoms with Gasteiger partial charge in [-0.1, -0.05) is 38.5 Å². The molecule has 7 heteroatoms. The summed E-state index contributed by atoms with van der Waals surface area (Å²) in [5.74, 6) is 2.73. The van der Waals surface area contributed by atoms with Crippen LogP contribution in [-0.2, 0) is 13.6 Å². The largest absolute Gasteiger partial charge is 0.356 e. The molecule has 126 valence electrons. The fraction of sp³-hybridized carbons (Fsp3) is 0.800. The van der Waals surface area contributed by atoms with E-state index in [9.17, 15) is 0 Å². The van der Waals surface area contributed by atoms with Crippen molar-refractivity contribution >= 4 is 29.9 Å². The van der Waals surface area contributed by atoms with Gasteiger partial charge in [-0.3, -0.25) is 9.67 Å². The summed E-state index contributed by atoms with van der Waals surface area (Å²) in [6, 6.07) is 0. The molecule has 1 aromatic rings. The van der Waals surface area contributed by atoms with Gasteiger partial charge in [-0.25, -0.2) is 4.98 Å². The lowest BCUT2D eigenvalue weighted by Crippen LogP contribution is -2.37. The van der Waals surface area contributed by atoms with E-state index in [1.807, 2.05) is 7.05 Å². The van der Waals surface area contributed by atoms with Crippen molar-refractivity contribution in [2.45, 2.75) is 51.5 Å². The van der Waals surface area contributed by atoms with Crippen LogP contribution in [0, 0.1) is 5.92 Å². The zero-order chi connectivity index (χ0) is 14.9. The lowest BCUT2D eigenvalue weighted by molar-refractivity contribution is 0.472. The van der Waals surface area contributed by atoms with E-state index in [-0.39, 0.29) is 24.0 Å². The van der Waals surface area contributed by atoms with Gasteiger partial charge in [0, 0.05) is 20.6 Å². The van der Waals surface area contributed by atoms with Crippen LogP contribution in [0.25, 0.3) is 0 Å². The number of nitrogens with one attached hydrogen (secondary N) is 2. The monoisotopic (exact) mass is 420 g/mol. The molecule has 0 amide bonds. The molecule has 6 nitrogen and oxygen atoms in total. The molecule has 1 aliphatic rings. The van der Waals surface area contributed by atoms with Crippen LogP contribution in [0.4, 0.5) is 0 Å². The summed E-state index contributed by atoms with van der Waals surface area (Å²) in [5.41, 5.74) is 0. The van der Waals surface area contributed by atoms with Crippen molar-refractivity contribution in [1.29, 1.82) is 0 Å².